The van der Waals surface area contributed by atoms with Crippen LogP contribution in [0.25, 0.3) is 0 Å². The second-order valence-corrected chi connectivity index (χ2v) is 5.00. The van der Waals surface area contributed by atoms with Gasteiger partial charge in [0, 0.05) is 17.1 Å². The zero-order valence-corrected chi connectivity index (χ0v) is 9.68. The lowest BCUT2D eigenvalue weighted by Gasteiger charge is -2.06. The van der Waals surface area contributed by atoms with Gasteiger partial charge in [0.05, 0.1) is 0 Å². The molecule has 0 aromatic carbocycles. The SMILES string of the molecule is CSCCC(N)c1cnc(C(F)(F)F)s1. The largest absolute Gasteiger partial charge is 0.443 e. The Morgan fingerprint density at radius 2 is 2.27 bits per heavy atom. The number of hydrogen-bond acceptors (Lipinski definition) is 4. The second kappa shape index (κ2) is 5.18. The van der Waals surface area contributed by atoms with E-state index in [-0.39, 0.29) is 6.04 Å². The number of hydrogen-bond donors (Lipinski definition) is 1. The van der Waals surface area contributed by atoms with E-state index in [0.717, 1.165) is 5.75 Å². The van der Waals surface area contributed by atoms with Gasteiger partial charge in [0.25, 0.3) is 0 Å². The maximum atomic E-state index is 12.2. The fourth-order valence-electron chi connectivity index (χ4n) is 0.976. The number of rotatable bonds is 4. The Morgan fingerprint density at radius 3 is 2.73 bits per heavy atom. The van der Waals surface area contributed by atoms with Gasteiger partial charge in [-0.2, -0.15) is 24.9 Å². The Kier molecular flexibility index (Phi) is 4.42. The summed E-state index contributed by atoms with van der Waals surface area (Å²) in [7, 11) is 0. The summed E-state index contributed by atoms with van der Waals surface area (Å²) in [4.78, 5) is 3.82. The summed E-state index contributed by atoms with van der Waals surface area (Å²) in [6.07, 6.45) is -0.540. The molecule has 2 N–H and O–H groups in total. The van der Waals surface area contributed by atoms with E-state index in [4.69, 9.17) is 5.73 Å². The minimum absolute atomic E-state index is 0.342. The van der Waals surface area contributed by atoms with Crippen molar-refractivity contribution in [3.63, 3.8) is 0 Å². The number of thiazole rings is 1. The first-order chi connectivity index (χ1) is 6.95. The number of thioether (sulfide) groups is 1. The van der Waals surface area contributed by atoms with Crippen LogP contribution in [-0.4, -0.2) is 17.0 Å². The Morgan fingerprint density at radius 1 is 1.60 bits per heavy atom. The van der Waals surface area contributed by atoms with Gasteiger partial charge in [-0.15, -0.1) is 11.3 Å². The van der Waals surface area contributed by atoms with Gasteiger partial charge in [0.15, 0.2) is 5.01 Å². The first kappa shape index (κ1) is 12.8. The van der Waals surface area contributed by atoms with Crippen LogP contribution in [0.15, 0.2) is 6.20 Å². The highest BCUT2D eigenvalue weighted by Gasteiger charge is 2.34. The van der Waals surface area contributed by atoms with Gasteiger partial charge in [-0.05, 0) is 18.4 Å². The van der Waals surface area contributed by atoms with Crippen LogP contribution in [0.4, 0.5) is 13.2 Å². The molecule has 0 spiro atoms. The van der Waals surface area contributed by atoms with Crippen LogP contribution in [0.5, 0.6) is 0 Å². The van der Waals surface area contributed by atoms with Crippen molar-refractivity contribution in [2.24, 2.45) is 5.73 Å². The molecule has 1 heterocycles. The molecular weight excluding hydrogens is 245 g/mol. The first-order valence-electron chi connectivity index (χ1n) is 4.22. The predicted octanol–water partition coefficient (Wildman–Crippen LogP) is 2.91. The summed E-state index contributed by atoms with van der Waals surface area (Å²) in [6, 6.07) is -0.342. The molecule has 0 bridgehead atoms. The van der Waals surface area contributed by atoms with Crippen LogP contribution in [-0.2, 0) is 6.18 Å². The van der Waals surface area contributed by atoms with E-state index in [9.17, 15) is 13.2 Å². The van der Waals surface area contributed by atoms with Gasteiger partial charge in [0.1, 0.15) is 0 Å². The van der Waals surface area contributed by atoms with Gasteiger partial charge in [-0.3, -0.25) is 0 Å². The number of halogens is 3. The fraction of sp³-hybridized carbons (Fsp3) is 0.625. The van der Waals surface area contributed by atoms with Crippen molar-refractivity contribution in [1.82, 2.24) is 4.98 Å². The van der Waals surface area contributed by atoms with Crippen LogP contribution >= 0.6 is 23.1 Å². The molecule has 1 unspecified atom stereocenters. The quantitative estimate of drug-likeness (QED) is 0.900. The zero-order valence-electron chi connectivity index (χ0n) is 8.04. The maximum Gasteiger partial charge on any atom is 0.443 e. The fourth-order valence-corrected chi connectivity index (χ4v) is 2.28. The molecule has 0 aliphatic rings. The maximum absolute atomic E-state index is 12.2. The smallest absolute Gasteiger partial charge is 0.323 e. The van der Waals surface area contributed by atoms with Crippen LogP contribution in [0.1, 0.15) is 22.3 Å². The number of alkyl halides is 3. The van der Waals surface area contributed by atoms with E-state index in [1.807, 2.05) is 6.26 Å². The van der Waals surface area contributed by atoms with Crippen molar-refractivity contribution in [2.75, 3.05) is 12.0 Å². The average molecular weight is 256 g/mol. The van der Waals surface area contributed by atoms with E-state index in [0.29, 0.717) is 22.6 Å². The van der Waals surface area contributed by atoms with E-state index in [1.165, 1.54) is 6.20 Å². The summed E-state index contributed by atoms with van der Waals surface area (Å²) in [6.45, 7) is 0. The third-order valence-electron chi connectivity index (χ3n) is 1.76. The minimum atomic E-state index is -4.36. The van der Waals surface area contributed by atoms with Crippen LogP contribution in [0, 0.1) is 0 Å². The topological polar surface area (TPSA) is 38.9 Å². The number of nitrogens with two attached hydrogens (primary N) is 1. The predicted molar refractivity (Wildman–Crippen MR) is 57.0 cm³/mol. The lowest BCUT2D eigenvalue weighted by Crippen LogP contribution is -2.09. The molecule has 1 aromatic heterocycles. The molecule has 0 radical (unpaired) electrons. The normalized spacial score (nSPS) is 14.2. The number of aromatic nitrogens is 1. The van der Waals surface area contributed by atoms with Crippen molar-refractivity contribution in [3.05, 3.63) is 16.1 Å². The summed E-state index contributed by atoms with van der Waals surface area (Å²) in [5.74, 6) is 0.834. The van der Waals surface area contributed by atoms with Gasteiger partial charge >= 0.3 is 6.18 Å². The zero-order chi connectivity index (χ0) is 11.5. The highest BCUT2D eigenvalue weighted by Crippen LogP contribution is 2.34. The molecule has 1 aromatic rings. The monoisotopic (exact) mass is 256 g/mol. The Hall–Kier alpha value is -0.270. The molecule has 0 aliphatic heterocycles. The van der Waals surface area contributed by atoms with Crippen molar-refractivity contribution in [1.29, 1.82) is 0 Å². The molecule has 86 valence electrons. The Bertz CT molecular complexity index is 311. The molecule has 1 atom stereocenters. The highest BCUT2D eigenvalue weighted by molar-refractivity contribution is 7.98. The molecule has 0 aliphatic carbocycles. The third-order valence-corrected chi connectivity index (χ3v) is 3.58. The van der Waals surface area contributed by atoms with Gasteiger partial charge in [-0.25, -0.2) is 4.98 Å². The minimum Gasteiger partial charge on any atom is -0.323 e. The van der Waals surface area contributed by atoms with Crippen LogP contribution in [0.3, 0.4) is 0 Å². The molecule has 2 nitrogen and oxygen atoms in total. The molecule has 15 heavy (non-hydrogen) atoms. The van der Waals surface area contributed by atoms with E-state index >= 15 is 0 Å². The molecule has 7 heteroatoms. The van der Waals surface area contributed by atoms with Crippen molar-refractivity contribution in [3.8, 4) is 0 Å². The molecule has 1 rings (SSSR count). The van der Waals surface area contributed by atoms with E-state index in [1.54, 1.807) is 11.8 Å². The molecular formula is C8H11F3N2S2. The van der Waals surface area contributed by atoms with Crippen molar-refractivity contribution >= 4 is 23.1 Å². The lowest BCUT2D eigenvalue weighted by atomic mass is 10.2. The summed E-state index contributed by atoms with van der Waals surface area (Å²) < 4.78 is 36.7. The Balaban J connectivity index is 2.67. The highest BCUT2D eigenvalue weighted by atomic mass is 32.2. The second-order valence-electron chi connectivity index (χ2n) is 2.95. The van der Waals surface area contributed by atoms with E-state index in [2.05, 4.69) is 4.98 Å². The van der Waals surface area contributed by atoms with E-state index < -0.39 is 11.2 Å². The summed E-state index contributed by atoms with van der Waals surface area (Å²) >= 11 is 2.25. The average Bonchev–Trinajstić information content (AvgIpc) is 2.62. The van der Waals surface area contributed by atoms with Gasteiger partial charge < -0.3 is 5.73 Å². The first-order valence-corrected chi connectivity index (χ1v) is 6.43. The van der Waals surface area contributed by atoms with Crippen molar-refractivity contribution < 1.29 is 13.2 Å². The molecule has 0 saturated carbocycles. The molecule has 0 amide bonds. The number of nitrogens with zero attached hydrogens (tertiary/aromatic N) is 1. The van der Waals surface area contributed by atoms with Crippen LogP contribution < -0.4 is 5.73 Å². The summed E-state index contributed by atoms with van der Waals surface area (Å²) in [5, 5.41) is -0.822. The van der Waals surface area contributed by atoms with Crippen LogP contribution in [0.2, 0.25) is 0 Å². The molecule has 0 saturated heterocycles. The van der Waals surface area contributed by atoms with Gasteiger partial charge in [-0.1, -0.05) is 0 Å². The standard InChI is InChI=1S/C8H11F3N2S2/c1-14-3-2-5(12)6-4-13-7(15-6)8(9,10)11/h4-5H,2-3,12H2,1H3. The summed E-state index contributed by atoms with van der Waals surface area (Å²) in [5.41, 5.74) is 5.73. The van der Waals surface area contributed by atoms with Crippen molar-refractivity contribution in [2.45, 2.75) is 18.6 Å². The Labute approximate surface area is 94.1 Å². The van der Waals surface area contributed by atoms with Gasteiger partial charge in [0.2, 0.25) is 0 Å². The third kappa shape index (κ3) is 3.66. The lowest BCUT2D eigenvalue weighted by molar-refractivity contribution is -0.137. The molecule has 0 fully saturated rings.